The summed E-state index contributed by atoms with van der Waals surface area (Å²) in [5.74, 6) is 1.81. The summed E-state index contributed by atoms with van der Waals surface area (Å²) in [6, 6.07) is 0.524. The SMILES string of the molecule is CC(NC(C1CC1)C1CC1)C(=O)NC(C)(C)C. The van der Waals surface area contributed by atoms with Gasteiger partial charge in [-0.25, -0.2) is 0 Å². The molecule has 1 amide bonds. The predicted molar refractivity (Wildman–Crippen MR) is 69.7 cm³/mol. The molecule has 1 unspecified atom stereocenters. The van der Waals surface area contributed by atoms with Crippen molar-refractivity contribution in [1.82, 2.24) is 10.6 Å². The van der Waals surface area contributed by atoms with Gasteiger partial charge < -0.3 is 10.6 Å². The first-order chi connectivity index (χ1) is 7.87. The molecule has 1 atom stereocenters. The number of carbonyl (C=O) groups is 1. The fraction of sp³-hybridized carbons (Fsp3) is 0.929. The first-order valence-electron chi connectivity index (χ1n) is 6.95. The first kappa shape index (κ1) is 12.9. The molecule has 0 bridgehead atoms. The van der Waals surface area contributed by atoms with Crippen LogP contribution in [0.4, 0.5) is 0 Å². The second kappa shape index (κ2) is 4.60. The molecule has 0 aromatic heterocycles. The van der Waals surface area contributed by atoms with E-state index in [9.17, 15) is 4.79 Å². The normalized spacial score (nSPS) is 22.6. The first-order valence-corrected chi connectivity index (χ1v) is 6.95. The van der Waals surface area contributed by atoms with Gasteiger partial charge in [0.1, 0.15) is 0 Å². The molecule has 0 radical (unpaired) electrons. The highest BCUT2D eigenvalue weighted by Crippen LogP contribution is 2.44. The van der Waals surface area contributed by atoms with Crippen molar-refractivity contribution >= 4 is 5.91 Å². The highest BCUT2D eigenvalue weighted by Gasteiger charge is 2.42. The largest absolute Gasteiger partial charge is 0.350 e. The van der Waals surface area contributed by atoms with Crippen molar-refractivity contribution in [2.24, 2.45) is 11.8 Å². The highest BCUT2D eigenvalue weighted by molar-refractivity contribution is 5.81. The Morgan fingerprint density at radius 1 is 1.12 bits per heavy atom. The molecule has 2 N–H and O–H groups in total. The molecule has 0 saturated heterocycles. The van der Waals surface area contributed by atoms with Crippen molar-refractivity contribution in [1.29, 1.82) is 0 Å². The number of hydrogen-bond acceptors (Lipinski definition) is 2. The minimum Gasteiger partial charge on any atom is -0.350 e. The Hall–Kier alpha value is -0.570. The number of carbonyl (C=O) groups excluding carboxylic acids is 1. The van der Waals surface area contributed by atoms with Crippen LogP contribution in [0.3, 0.4) is 0 Å². The summed E-state index contributed by atoms with van der Waals surface area (Å²) in [6.45, 7) is 8.06. The van der Waals surface area contributed by atoms with E-state index in [1.165, 1.54) is 25.7 Å². The van der Waals surface area contributed by atoms with Crippen molar-refractivity contribution in [2.45, 2.75) is 71.0 Å². The van der Waals surface area contributed by atoms with Gasteiger partial charge in [-0.3, -0.25) is 4.79 Å². The van der Waals surface area contributed by atoms with Gasteiger partial charge in [0.25, 0.3) is 0 Å². The predicted octanol–water partition coefficient (Wildman–Crippen LogP) is 2.07. The molecule has 0 aliphatic heterocycles. The van der Waals surface area contributed by atoms with Crippen molar-refractivity contribution < 1.29 is 4.79 Å². The summed E-state index contributed by atoms with van der Waals surface area (Å²) in [5.41, 5.74) is -0.137. The number of amides is 1. The average molecular weight is 238 g/mol. The van der Waals surface area contributed by atoms with Crippen LogP contribution in [-0.4, -0.2) is 23.5 Å². The lowest BCUT2D eigenvalue weighted by Gasteiger charge is -2.27. The van der Waals surface area contributed by atoms with E-state index < -0.39 is 0 Å². The van der Waals surface area contributed by atoms with Crippen LogP contribution in [0.2, 0.25) is 0 Å². The van der Waals surface area contributed by atoms with E-state index in [0.29, 0.717) is 6.04 Å². The second-order valence-corrected chi connectivity index (χ2v) is 6.83. The van der Waals surface area contributed by atoms with Crippen molar-refractivity contribution in [3.05, 3.63) is 0 Å². The van der Waals surface area contributed by atoms with E-state index in [1.807, 2.05) is 27.7 Å². The fourth-order valence-corrected chi connectivity index (χ4v) is 2.41. The lowest BCUT2D eigenvalue weighted by molar-refractivity contribution is -0.124. The van der Waals surface area contributed by atoms with Crippen LogP contribution in [0.5, 0.6) is 0 Å². The van der Waals surface area contributed by atoms with Crippen LogP contribution in [-0.2, 0) is 4.79 Å². The van der Waals surface area contributed by atoms with Crippen LogP contribution in [0.25, 0.3) is 0 Å². The topological polar surface area (TPSA) is 41.1 Å². The third-order valence-corrected chi connectivity index (χ3v) is 3.59. The monoisotopic (exact) mass is 238 g/mol. The van der Waals surface area contributed by atoms with Gasteiger partial charge in [0.15, 0.2) is 0 Å². The van der Waals surface area contributed by atoms with Crippen LogP contribution >= 0.6 is 0 Å². The summed E-state index contributed by atoms with van der Waals surface area (Å²) in [7, 11) is 0. The summed E-state index contributed by atoms with van der Waals surface area (Å²) in [5, 5.41) is 6.59. The molecule has 17 heavy (non-hydrogen) atoms. The van der Waals surface area contributed by atoms with Gasteiger partial charge in [-0.1, -0.05) is 0 Å². The zero-order valence-corrected chi connectivity index (χ0v) is 11.5. The summed E-state index contributed by atoms with van der Waals surface area (Å²) in [6.07, 6.45) is 5.40. The molecular weight excluding hydrogens is 212 g/mol. The van der Waals surface area contributed by atoms with Gasteiger partial charge in [-0.15, -0.1) is 0 Å². The van der Waals surface area contributed by atoms with Gasteiger partial charge in [0.2, 0.25) is 5.91 Å². The lowest BCUT2D eigenvalue weighted by Crippen LogP contribution is -2.52. The van der Waals surface area contributed by atoms with E-state index in [-0.39, 0.29) is 17.5 Å². The Morgan fingerprint density at radius 2 is 1.59 bits per heavy atom. The Kier molecular flexibility index (Phi) is 3.48. The summed E-state index contributed by atoms with van der Waals surface area (Å²) < 4.78 is 0. The zero-order valence-electron chi connectivity index (χ0n) is 11.5. The molecule has 2 aliphatic rings. The molecule has 0 aromatic carbocycles. The Morgan fingerprint density at radius 3 is 1.94 bits per heavy atom. The van der Waals surface area contributed by atoms with Crippen molar-refractivity contribution in [3.63, 3.8) is 0 Å². The van der Waals surface area contributed by atoms with Crippen molar-refractivity contribution in [3.8, 4) is 0 Å². The van der Waals surface area contributed by atoms with E-state index in [1.54, 1.807) is 0 Å². The molecule has 0 aromatic rings. The van der Waals surface area contributed by atoms with Gasteiger partial charge in [0, 0.05) is 11.6 Å². The number of rotatable bonds is 5. The van der Waals surface area contributed by atoms with E-state index >= 15 is 0 Å². The van der Waals surface area contributed by atoms with Crippen LogP contribution in [0, 0.1) is 11.8 Å². The molecule has 0 heterocycles. The van der Waals surface area contributed by atoms with Gasteiger partial charge in [-0.05, 0) is 65.2 Å². The minimum atomic E-state index is -0.137. The quantitative estimate of drug-likeness (QED) is 0.770. The summed E-state index contributed by atoms with van der Waals surface area (Å²) in [4.78, 5) is 12.0. The molecule has 2 rings (SSSR count). The molecule has 98 valence electrons. The molecule has 2 fully saturated rings. The lowest BCUT2D eigenvalue weighted by atomic mass is 10.1. The third-order valence-electron chi connectivity index (χ3n) is 3.59. The van der Waals surface area contributed by atoms with Crippen molar-refractivity contribution in [2.75, 3.05) is 0 Å². The highest BCUT2D eigenvalue weighted by atomic mass is 16.2. The molecule has 2 saturated carbocycles. The molecular formula is C14H26N2O. The maximum absolute atomic E-state index is 12.0. The van der Waals surface area contributed by atoms with Crippen LogP contribution in [0.1, 0.15) is 53.4 Å². The smallest absolute Gasteiger partial charge is 0.237 e. The van der Waals surface area contributed by atoms with Crippen LogP contribution < -0.4 is 10.6 Å². The maximum atomic E-state index is 12.0. The molecule has 3 heteroatoms. The second-order valence-electron chi connectivity index (χ2n) is 6.83. The zero-order chi connectivity index (χ0) is 12.6. The Bertz CT molecular complexity index is 275. The van der Waals surface area contributed by atoms with Gasteiger partial charge in [-0.2, -0.15) is 0 Å². The molecule has 0 spiro atoms. The van der Waals surface area contributed by atoms with E-state index in [2.05, 4.69) is 10.6 Å². The molecule has 2 aliphatic carbocycles. The average Bonchev–Trinajstić information content (AvgIpc) is 3.02. The Balaban J connectivity index is 1.82. The third kappa shape index (κ3) is 3.98. The van der Waals surface area contributed by atoms with Gasteiger partial charge >= 0.3 is 0 Å². The minimum absolute atomic E-state index is 0.0691. The number of nitrogens with one attached hydrogen (secondary N) is 2. The fourth-order valence-electron chi connectivity index (χ4n) is 2.41. The summed E-state index contributed by atoms with van der Waals surface area (Å²) >= 11 is 0. The van der Waals surface area contributed by atoms with E-state index in [4.69, 9.17) is 0 Å². The van der Waals surface area contributed by atoms with E-state index in [0.717, 1.165) is 11.8 Å². The number of hydrogen-bond donors (Lipinski definition) is 2. The standard InChI is InChI=1S/C14H26N2O/c1-9(13(17)16-14(2,3)4)15-12(10-5-6-10)11-7-8-11/h9-12,15H,5-8H2,1-4H3,(H,16,17). The van der Waals surface area contributed by atoms with Crippen LogP contribution in [0.15, 0.2) is 0 Å². The maximum Gasteiger partial charge on any atom is 0.237 e. The van der Waals surface area contributed by atoms with Gasteiger partial charge in [0.05, 0.1) is 6.04 Å². The Labute approximate surface area is 105 Å². The molecule has 3 nitrogen and oxygen atoms in total.